The summed E-state index contributed by atoms with van der Waals surface area (Å²) in [6.07, 6.45) is 2.37. The molecule has 24 heavy (non-hydrogen) atoms. The highest BCUT2D eigenvalue weighted by Crippen LogP contribution is 2.37. The van der Waals surface area contributed by atoms with Crippen molar-refractivity contribution in [3.05, 3.63) is 53.6 Å². The molecule has 4 nitrogen and oxygen atoms in total. The van der Waals surface area contributed by atoms with Crippen LogP contribution in [-0.4, -0.2) is 25.7 Å². The third kappa shape index (κ3) is 3.94. The Balaban J connectivity index is 0.00000208. The molecule has 1 unspecified atom stereocenters. The number of nitrogen functional groups attached to an aromatic ring is 1. The number of anilines is 1. The summed E-state index contributed by atoms with van der Waals surface area (Å²) in [5.41, 5.74) is 9.27. The van der Waals surface area contributed by atoms with E-state index in [1.807, 2.05) is 18.2 Å². The van der Waals surface area contributed by atoms with Gasteiger partial charge < -0.3 is 15.2 Å². The van der Waals surface area contributed by atoms with Gasteiger partial charge in [0.1, 0.15) is 0 Å². The maximum Gasteiger partial charge on any atom is 0.161 e. The van der Waals surface area contributed by atoms with Gasteiger partial charge >= 0.3 is 0 Å². The molecule has 5 heteroatoms. The van der Waals surface area contributed by atoms with Crippen LogP contribution in [-0.2, 0) is 6.54 Å². The van der Waals surface area contributed by atoms with Gasteiger partial charge in [0.05, 0.1) is 14.2 Å². The van der Waals surface area contributed by atoms with Crippen molar-refractivity contribution in [2.45, 2.75) is 25.4 Å². The lowest BCUT2D eigenvalue weighted by atomic mass is 10.0. The summed E-state index contributed by atoms with van der Waals surface area (Å²) >= 11 is 0. The molecule has 1 fully saturated rings. The molecule has 2 aromatic rings. The van der Waals surface area contributed by atoms with Gasteiger partial charge in [0.15, 0.2) is 11.5 Å². The van der Waals surface area contributed by atoms with E-state index in [-0.39, 0.29) is 12.4 Å². The van der Waals surface area contributed by atoms with Crippen LogP contribution < -0.4 is 15.2 Å². The molecule has 130 valence electrons. The average molecular weight is 349 g/mol. The highest BCUT2D eigenvalue weighted by Gasteiger charge is 2.26. The SMILES string of the molecule is COc1ccc(C2CCCN2Cc2cccc(N)c2)cc1OC.Cl. The summed E-state index contributed by atoms with van der Waals surface area (Å²) in [4.78, 5) is 2.51. The van der Waals surface area contributed by atoms with E-state index >= 15 is 0 Å². The molecule has 0 saturated carbocycles. The van der Waals surface area contributed by atoms with Crippen LogP contribution >= 0.6 is 12.4 Å². The lowest BCUT2D eigenvalue weighted by Crippen LogP contribution is -2.22. The van der Waals surface area contributed by atoms with E-state index in [1.54, 1.807) is 14.2 Å². The largest absolute Gasteiger partial charge is 0.493 e. The van der Waals surface area contributed by atoms with E-state index in [9.17, 15) is 0 Å². The van der Waals surface area contributed by atoms with Gasteiger partial charge in [-0.15, -0.1) is 12.4 Å². The molecule has 1 aliphatic rings. The van der Waals surface area contributed by atoms with Gasteiger partial charge in [0.25, 0.3) is 0 Å². The van der Waals surface area contributed by atoms with Crippen LogP contribution in [0.3, 0.4) is 0 Å². The van der Waals surface area contributed by atoms with Gasteiger partial charge in [-0.25, -0.2) is 0 Å². The zero-order valence-corrected chi connectivity index (χ0v) is 15.0. The van der Waals surface area contributed by atoms with Gasteiger partial charge in [0.2, 0.25) is 0 Å². The Morgan fingerprint density at radius 3 is 2.58 bits per heavy atom. The van der Waals surface area contributed by atoms with E-state index in [4.69, 9.17) is 15.2 Å². The number of halogens is 1. The fraction of sp³-hybridized carbons (Fsp3) is 0.368. The molecule has 3 rings (SSSR count). The van der Waals surface area contributed by atoms with Crippen molar-refractivity contribution >= 4 is 18.1 Å². The van der Waals surface area contributed by atoms with Crippen LogP contribution in [0, 0.1) is 0 Å². The summed E-state index contributed by atoms with van der Waals surface area (Å²) in [5.74, 6) is 1.57. The molecule has 1 atom stereocenters. The van der Waals surface area contributed by atoms with Crippen molar-refractivity contribution in [1.29, 1.82) is 0 Å². The van der Waals surface area contributed by atoms with Crippen LogP contribution in [0.2, 0.25) is 0 Å². The van der Waals surface area contributed by atoms with Crippen molar-refractivity contribution in [2.24, 2.45) is 0 Å². The third-order valence-electron chi connectivity index (χ3n) is 4.49. The molecular weight excluding hydrogens is 324 g/mol. The molecule has 1 heterocycles. The Bertz CT molecular complexity index is 678. The van der Waals surface area contributed by atoms with E-state index in [0.29, 0.717) is 6.04 Å². The molecule has 1 aliphatic heterocycles. The van der Waals surface area contributed by atoms with Crippen molar-refractivity contribution < 1.29 is 9.47 Å². The van der Waals surface area contributed by atoms with Gasteiger partial charge in [-0.05, 0) is 54.8 Å². The summed E-state index contributed by atoms with van der Waals surface area (Å²) in [7, 11) is 3.35. The number of nitrogens with two attached hydrogens (primary N) is 1. The second-order valence-corrected chi connectivity index (χ2v) is 5.99. The smallest absolute Gasteiger partial charge is 0.161 e. The van der Waals surface area contributed by atoms with Crippen LogP contribution in [0.5, 0.6) is 11.5 Å². The normalized spacial score (nSPS) is 17.3. The van der Waals surface area contributed by atoms with Crippen molar-refractivity contribution in [3.8, 4) is 11.5 Å². The Morgan fingerprint density at radius 1 is 1.08 bits per heavy atom. The number of methoxy groups -OCH3 is 2. The monoisotopic (exact) mass is 348 g/mol. The standard InChI is InChI=1S/C19H24N2O2.ClH/c1-22-18-9-8-15(12-19(18)23-2)17-7-4-10-21(17)13-14-5-3-6-16(20)11-14;/h3,5-6,8-9,11-12,17H,4,7,10,13,20H2,1-2H3;1H. The Morgan fingerprint density at radius 2 is 1.88 bits per heavy atom. The molecule has 2 N–H and O–H groups in total. The van der Waals surface area contributed by atoms with Crippen LogP contribution in [0.15, 0.2) is 42.5 Å². The lowest BCUT2D eigenvalue weighted by molar-refractivity contribution is 0.247. The minimum absolute atomic E-state index is 0. The highest BCUT2D eigenvalue weighted by molar-refractivity contribution is 5.85. The first-order chi connectivity index (χ1) is 11.2. The van der Waals surface area contributed by atoms with Gasteiger partial charge in [-0.1, -0.05) is 18.2 Å². The quantitative estimate of drug-likeness (QED) is 0.828. The molecule has 0 bridgehead atoms. The molecule has 0 radical (unpaired) electrons. The number of benzene rings is 2. The first-order valence-corrected chi connectivity index (χ1v) is 8.01. The molecule has 0 spiro atoms. The van der Waals surface area contributed by atoms with Gasteiger partial charge in [-0.2, -0.15) is 0 Å². The second-order valence-electron chi connectivity index (χ2n) is 5.99. The first-order valence-electron chi connectivity index (χ1n) is 8.01. The molecule has 0 amide bonds. The number of hydrogen-bond acceptors (Lipinski definition) is 4. The number of hydrogen-bond donors (Lipinski definition) is 1. The Labute approximate surface area is 150 Å². The lowest BCUT2D eigenvalue weighted by Gasteiger charge is -2.25. The summed E-state index contributed by atoms with van der Waals surface area (Å²) in [5, 5.41) is 0. The van der Waals surface area contributed by atoms with Crippen LogP contribution in [0.4, 0.5) is 5.69 Å². The predicted octanol–water partition coefficient (Wildman–Crippen LogP) is 4.04. The van der Waals surface area contributed by atoms with Crippen LogP contribution in [0.25, 0.3) is 0 Å². The molecule has 0 aromatic heterocycles. The van der Waals surface area contributed by atoms with Crippen LogP contribution in [0.1, 0.15) is 30.0 Å². The fourth-order valence-corrected chi connectivity index (χ4v) is 3.38. The molecular formula is C19H25ClN2O2. The minimum atomic E-state index is 0. The van der Waals surface area contributed by atoms with Crippen molar-refractivity contribution in [3.63, 3.8) is 0 Å². The average Bonchev–Trinajstić information content (AvgIpc) is 3.02. The number of ether oxygens (including phenoxy) is 2. The third-order valence-corrected chi connectivity index (χ3v) is 4.49. The molecule has 1 saturated heterocycles. The van der Waals surface area contributed by atoms with E-state index in [1.165, 1.54) is 17.5 Å². The zero-order valence-electron chi connectivity index (χ0n) is 14.2. The Kier molecular flexibility index (Phi) is 6.35. The zero-order chi connectivity index (χ0) is 16.2. The molecule has 2 aromatic carbocycles. The van der Waals surface area contributed by atoms with E-state index < -0.39 is 0 Å². The fourth-order valence-electron chi connectivity index (χ4n) is 3.38. The minimum Gasteiger partial charge on any atom is -0.493 e. The molecule has 0 aliphatic carbocycles. The number of likely N-dealkylation sites (tertiary alicyclic amines) is 1. The summed E-state index contributed by atoms with van der Waals surface area (Å²) in [6, 6.07) is 14.8. The van der Waals surface area contributed by atoms with Gasteiger partial charge in [0, 0.05) is 18.3 Å². The predicted molar refractivity (Wildman–Crippen MR) is 100 cm³/mol. The van der Waals surface area contributed by atoms with Gasteiger partial charge in [-0.3, -0.25) is 4.90 Å². The van der Waals surface area contributed by atoms with E-state index in [0.717, 1.165) is 36.7 Å². The van der Waals surface area contributed by atoms with Crippen molar-refractivity contribution in [2.75, 3.05) is 26.5 Å². The highest BCUT2D eigenvalue weighted by atomic mass is 35.5. The topological polar surface area (TPSA) is 47.7 Å². The number of nitrogens with zero attached hydrogens (tertiary/aromatic N) is 1. The Hall–Kier alpha value is -1.91. The second kappa shape index (κ2) is 8.27. The maximum absolute atomic E-state index is 5.90. The summed E-state index contributed by atoms with van der Waals surface area (Å²) in [6.45, 7) is 2.03. The maximum atomic E-state index is 5.90. The van der Waals surface area contributed by atoms with Crippen molar-refractivity contribution in [1.82, 2.24) is 4.90 Å². The van der Waals surface area contributed by atoms with E-state index in [2.05, 4.69) is 29.2 Å². The first kappa shape index (κ1) is 18.4. The number of rotatable bonds is 5. The summed E-state index contributed by atoms with van der Waals surface area (Å²) < 4.78 is 10.8.